The molecule has 0 saturated heterocycles. The Morgan fingerprint density at radius 3 is 2.23 bits per heavy atom. The first-order valence-corrected chi connectivity index (χ1v) is 9.68. The van der Waals surface area contributed by atoms with Crippen LogP contribution in [0.15, 0.2) is 36.4 Å². The number of amides is 1. The summed E-state index contributed by atoms with van der Waals surface area (Å²) in [4.78, 5) is 12.5. The summed E-state index contributed by atoms with van der Waals surface area (Å²) in [7, 11) is -3.92. The number of anilines is 2. The summed E-state index contributed by atoms with van der Waals surface area (Å²) in [6, 6.07) is 6.81. The van der Waals surface area contributed by atoms with Gasteiger partial charge in [0.15, 0.2) is 11.6 Å². The molecule has 0 aliphatic carbocycles. The van der Waals surface area contributed by atoms with E-state index in [-0.39, 0.29) is 5.69 Å². The fourth-order valence-corrected chi connectivity index (χ4v) is 3.66. The number of nitrogens with zero attached hydrogens (tertiary/aromatic N) is 1. The number of carbonyl (C=O) groups excluding carboxylic acids is 1. The SMILES string of the molecule is Cc1ccc(NC(=O)[C@@H](C)N(c2ccc(F)c(F)c2)S(C)(=O)=O)cc1C. The molecule has 2 aromatic rings. The molecule has 1 amide bonds. The Balaban J connectivity index is 2.34. The van der Waals surface area contributed by atoms with E-state index in [0.717, 1.165) is 39.9 Å². The molecule has 1 N–H and O–H groups in total. The molecule has 0 aliphatic rings. The molecule has 140 valence electrons. The highest BCUT2D eigenvalue weighted by atomic mass is 32.2. The third kappa shape index (κ3) is 4.37. The molecule has 0 unspecified atom stereocenters. The molecule has 0 saturated carbocycles. The van der Waals surface area contributed by atoms with Crippen molar-refractivity contribution in [3.05, 3.63) is 59.2 Å². The average Bonchev–Trinajstić information content (AvgIpc) is 2.53. The summed E-state index contributed by atoms with van der Waals surface area (Å²) in [5.41, 5.74) is 2.41. The highest BCUT2D eigenvalue weighted by Crippen LogP contribution is 2.24. The Kier molecular flexibility index (Phi) is 5.65. The molecule has 0 bridgehead atoms. The van der Waals surface area contributed by atoms with Gasteiger partial charge in [0, 0.05) is 11.8 Å². The van der Waals surface area contributed by atoms with Gasteiger partial charge in [-0.2, -0.15) is 0 Å². The van der Waals surface area contributed by atoms with Crippen molar-refractivity contribution in [3.8, 4) is 0 Å². The first kappa shape index (κ1) is 19.8. The summed E-state index contributed by atoms with van der Waals surface area (Å²) in [5, 5.41) is 2.65. The minimum atomic E-state index is -3.92. The zero-order valence-corrected chi connectivity index (χ0v) is 15.7. The van der Waals surface area contributed by atoms with E-state index in [1.165, 1.54) is 6.92 Å². The lowest BCUT2D eigenvalue weighted by molar-refractivity contribution is -0.116. The predicted molar refractivity (Wildman–Crippen MR) is 97.7 cm³/mol. The van der Waals surface area contributed by atoms with E-state index in [1.54, 1.807) is 12.1 Å². The maximum Gasteiger partial charge on any atom is 0.247 e. The lowest BCUT2D eigenvalue weighted by Crippen LogP contribution is -2.45. The molecule has 2 aromatic carbocycles. The standard InChI is InChI=1S/C18H20F2N2O3S/c1-11-5-6-14(9-12(11)2)21-18(23)13(3)22(26(4,24)25)15-7-8-16(19)17(20)10-15/h5-10,13H,1-4H3,(H,21,23)/t13-/m1/s1. The first-order valence-electron chi connectivity index (χ1n) is 7.83. The van der Waals surface area contributed by atoms with Crippen molar-refractivity contribution < 1.29 is 22.0 Å². The van der Waals surface area contributed by atoms with Gasteiger partial charge in [-0.1, -0.05) is 6.07 Å². The summed E-state index contributed by atoms with van der Waals surface area (Å²) in [5.74, 6) is -2.89. The number of hydrogen-bond acceptors (Lipinski definition) is 3. The van der Waals surface area contributed by atoms with Crippen LogP contribution in [0.25, 0.3) is 0 Å². The third-order valence-electron chi connectivity index (χ3n) is 4.02. The normalized spacial score (nSPS) is 12.5. The largest absolute Gasteiger partial charge is 0.324 e. The van der Waals surface area contributed by atoms with Crippen molar-refractivity contribution in [1.82, 2.24) is 0 Å². The number of benzene rings is 2. The van der Waals surface area contributed by atoms with Gasteiger partial charge in [0.25, 0.3) is 0 Å². The minimum absolute atomic E-state index is 0.130. The van der Waals surface area contributed by atoms with Gasteiger partial charge < -0.3 is 5.32 Å². The molecule has 8 heteroatoms. The Bertz CT molecular complexity index is 945. The van der Waals surface area contributed by atoms with Crippen LogP contribution in [0.3, 0.4) is 0 Å². The number of nitrogens with one attached hydrogen (secondary N) is 1. The van der Waals surface area contributed by atoms with E-state index in [0.29, 0.717) is 5.69 Å². The summed E-state index contributed by atoms with van der Waals surface area (Å²) >= 11 is 0. The quantitative estimate of drug-likeness (QED) is 0.862. The van der Waals surface area contributed by atoms with Crippen molar-refractivity contribution in [1.29, 1.82) is 0 Å². The summed E-state index contributed by atoms with van der Waals surface area (Å²) in [6.07, 6.45) is 0.897. The molecule has 2 rings (SSSR count). The number of aryl methyl sites for hydroxylation is 2. The van der Waals surface area contributed by atoms with Crippen molar-refractivity contribution in [2.45, 2.75) is 26.8 Å². The van der Waals surface area contributed by atoms with Crippen molar-refractivity contribution in [2.75, 3.05) is 15.9 Å². The van der Waals surface area contributed by atoms with E-state index < -0.39 is 33.6 Å². The summed E-state index contributed by atoms with van der Waals surface area (Å²) in [6.45, 7) is 5.19. The number of hydrogen-bond donors (Lipinski definition) is 1. The van der Waals surface area contributed by atoms with Crippen LogP contribution in [0, 0.1) is 25.5 Å². The highest BCUT2D eigenvalue weighted by Gasteiger charge is 2.29. The third-order valence-corrected chi connectivity index (χ3v) is 5.26. The molecule has 26 heavy (non-hydrogen) atoms. The second-order valence-corrected chi connectivity index (χ2v) is 7.98. The lowest BCUT2D eigenvalue weighted by Gasteiger charge is -2.28. The van der Waals surface area contributed by atoms with Crippen LogP contribution in [-0.2, 0) is 14.8 Å². The van der Waals surface area contributed by atoms with Gasteiger partial charge >= 0.3 is 0 Å². The van der Waals surface area contributed by atoms with E-state index in [4.69, 9.17) is 0 Å². The highest BCUT2D eigenvalue weighted by molar-refractivity contribution is 7.92. The Morgan fingerprint density at radius 2 is 1.69 bits per heavy atom. The number of rotatable bonds is 5. The van der Waals surface area contributed by atoms with Gasteiger partial charge in [0.05, 0.1) is 11.9 Å². The smallest absolute Gasteiger partial charge is 0.247 e. The zero-order chi connectivity index (χ0) is 19.6. The first-order chi connectivity index (χ1) is 12.0. The number of sulfonamides is 1. The number of carbonyl (C=O) groups is 1. The van der Waals surface area contributed by atoms with Crippen molar-refractivity contribution in [2.24, 2.45) is 0 Å². The molecule has 0 radical (unpaired) electrons. The lowest BCUT2D eigenvalue weighted by atomic mass is 10.1. The molecule has 0 aliphatic heterocycles. The molecular weight excluding hydrogens is 362 g/mol. The topological polar surface area (TPSA) is 66.5 Å². The van der Waals surface area contributed by atoms with Gasteiger partial charge in [-0.25, -0.2) is 17.2 Å². The van der Waals surface area contributed by atoms with Crippen LogP contribution < -0.4 is 9.62 Å². The maximum atomic E-state index is 13.5. The minimum Gasteiger partial charge on any atom is -0.324 e. The van der Waals surface area contributed by atoms with Gasteiger partial charge in [-0.3, -0.25) is 9.10 Å². The Labute approximate surface area is 151 Å². The van der Waals surface area contributed by atoms with E-state index >= 15 is 0 Å². The fourth-order valence-electron chi connectivity index (χ4n) is 2.50. The molecule has 1 atom stereocenters. The van der Waals surface area contributed by atoms with Crippen LogP contribution in [0.5, 0.6) is 0 Å². The predicted octanol–water partition coefficient (Wildman–Crippen LogP) is 3.37. The Hall–Kier alpha value is -2.48. The van der Waals surface area contributed by atoms with E-state index in [2.05, 4.69) is 5.32 Å². The van der Waals surface area contributed by atoms with Crippen LogP contribution in [0.1, 0.15) is 18.1 Å². The van der Waals surface area contributed by atoms with Gasteiger partial charge in [-0.05, 0) is 56.2 Å². The second-order valence-electron chi connectivity index (χ2n) is 6.12. The van der Waals surface area contributed by atoms with Gasteiger partial charge in [0.1, 0.15) is 6.04 Å². The average molecular weight is 382 g/mol. The molecule has 0 spiro atoms. The molecular formula is C18H20F2N2O3S. The zero-order valence-electron chi connectivity index (χ0n) is 14.9. The molecule has 0 aromatic heterocycles. The number of halogens is 2. The van der Waals surface area contributed by atoms with Gasteiger partial charge in [0.2, 0.25) is 15.9 Å². The van der Waals surface area contributed by atoms with Crippen LogP contribution in [0.4, 0.5) is 20.2 Å². The van der Waals surface area contributed by atoms with E-state index in [9.17, 15) is 22.0 Å². The summed E-state index contributed by atoms with van der Waals surface area (Å²) < 4.78 is 51.7. The fraction of sp³-hybridized carbons (Fsp3) is 0.278. The van der Waals surface area contributed by atoms with Crippen LogP contribution in [-0.4, -0.2) is 26.6 Å². The van der Waals surface area contributed by atoms with Crippen LogP contribution >= 0.6 is 0 Å². The maximum absolute atomic E-state index is 13.5. The van der Waals surface area contributed by atoms with Crippen molar-refractivity contribution in [3.63, 3.8) is 0 Å². The molecule has 0 heterocycles. The second kappa shape index (κ2) is 7.41. The van der Waals surface area contributed by atoms with E-state index in [1.807, 2.05) is 19.9 Å². The van der Waals surface area contributed by atoms with Gasteiger partial charge in [-0.15, -0.1) is 0 Å². The van der Waals surface area contributed by atoms with Crippen molar-refractivity contribution >= 4 is 27.3 Å². The molecule has 0 fully saturated rings. The molecule has 5 nitrogen and oxygen atoms in total. The Morgan fingerprint density at radius 1 is 1.04 bits per heavy atom. The monoisotopic (exact) mass is 382 g/mol. The van der Waals surface area contributed by atoms with Crippen LogP contribution in [0.2, 0.25) is 0 Å².